The van der Waals surface area contributed by atoms with Gasteiger partial charge < -0.3 is 5.32 Å². The van der Waals surface area contributed by atoms with Crippen molar-refractivity contribution in [2.45, 2.75) is 19.3 Å². The van der Waals surface area contributed by atoms with Gasteiger partial charge in [-0.1, -0.05) is 12.1 Å². The number of nitro benzene ring substituents is 1. The number of carbonyl (C=O) groups is 1. The maximum atomic E-state index is 11.5. The molecule has 94 valence electrons. The Hall–Kier alpha value is -2.35. The van der Waals surface area contributed by atoms with Gasteiger partial charge in [0.1, 0.15) is 0 Å². The third-order valence-electron chi connectivity index (χ3n) is 2.31. The summed E-state index contributed by atoms with van der Waals surface area (Å²) in [5.74, 6) is 2.33. The van der Waals surface area contributed by atoms with E-state index in [2.05, 4.69) is 11.2 Å². The van der Waals surface area contributed by atoms with Gasteiger partial charge in [-0.15, -0.1) is 12.3 Å². The first kappa shape index (κ1) is 13.7. The zero-order chi connectivity index (χ0) is 13.4. The quantitative estimate of drug-likeness (QED) is 0.359. The van der Waals surface area contributed by atoms with E-state index in [0.717, 1.165) is 6.42 Å². The molecule has 0 bridgehead atoms. The van der Waals surface area contributed by atoms with Gasteiger partial charge in [-0.2, -0.15) is 0 Å². The Morgan fingerprint density at radius 3 is 2.94 bits per heavy atom. The van der Waals surface area contributed by atoms with Crippen LogP contribution >= 0.6 is 0 Å². The molecule has 1 N–H and O–H groups in total. The molecule has 0 spiro atoms. The van der Waals surface area contributed by atoms with Crippen LogP contribution in [-0.4, -0.2) is 17.4 Å². The summed E-state index contributed by atoms with van der Waals surface area (Å²) in [7, 11) is 0. The van der Waals surface area contributed by atoms with Crippen molar-refractivity contribution in [3.05, 3.63) is 39.9 Å². The molecule has 0 aliphatic carbocycles. The minimum atomic E-state index is -0.478. The van der Waals surface area contributed by atoms with Crippen LogP contribution in [0.5, 0.6) is 0 Å². The first-order chi connectivity index (χ1) is 8.63. The van der Waals surface area contributed by atoms with Gasteiger partial charge in [-0.3, -0.25) is 14.9 Å². The summed E-state index contributed by atoms with van der Waals surface area (Å²) in [6, 6.07) is 6.06. The third-order valence-corrected chi connectivity index (χ3v) is 2.31. The molecular formula is C13H14N2O3. The van der Waals surface area contributed by atoms with Crippen LogP contribution in [-0.2, 0) is 11.2 Å². The number of nitrogens with one attached hydrogen (secondary N) is 1. The van der Waals surface area contributed by atoms with Crippen LogP contribution in [0.15, 0.2) is 24.3 Å². The van der Waals surface area contributed by atoms with Crippen molar-refractivity contribution in [3.8, 4) is 12.3 Å². The molecule has 1 amide bonds. The highest BCUT2D eigenvalue weighted by Crippen LogP contribution is 2.13. The largest absolute Gasteiger partial charge is 0.356 e. The molecule has 0 heterocycles. The average molecular weight is 246 g/mol. The number of unbranched alkanes of at least 4 members (excludes halogenated alkanes) is 1. The van der Waals surface area contributed by atoms with Crippen LogP contribution in [0, 0.1) is 22.5 Å². The fraction of sp³-hybridized carbons (Fsp3) is 0.308. The van der Waals surface area contributed by atoms with Crippen molar-refractivity contribution in [1.29, 1.82) is 0 Å². The molecule has 0 atom stereocenters. The van der Waals surface area contributed by atoms with Crippen LogP contribution in [0.2, 0.25) is 0 Å². The number of amides is 1. The highest BCUT2D eigenvalue weighted by molar-refractivity contribution is 5.78. The van der Waals surface area contributed by atoms with Crippen LogP contribution in [0.3, 0.4) is 0 Å². The molecule has 1 rings (SSSR count). The predicted molar refractivity (Wildman–Crippen MR) is 67.9 cm³/mol. The van der Waals surface area contributed by atoms with E-state index in [0.29, 0.717) is 18.5 Å². The standard InChI is InChI=1S/C13H14N2O3/c1-2-3-4-8-14-13(16)10-11-6-5-7-12(9-11)15(17)18/h1,5-7,9H,3-4,8,10H2,(H,14,16). The molecular weight excluding hydrogens is 232 g/mol. The topological polar surface area (TPSA) is 72.2 Å². The number of terminal acetylenes is 1. The van der Waals surface area contributed by atoms with E-state index in [1.54, 1.807) is 12.1 Å². The summed E-state index contributed by atoms with van der Waals surface area (Å²) in [6.45, 7) is 0.526. The van der Waals surface area contributed by atoms with Crippen LogP contribution in [0.4, 0.5) is 5.69 Å². The van der Waals surface area contributed by atoms with E-state index in [-0.39, 0.29) is 18.0 Å². The van der Waals surface area contributed by atoms with E-state index in [4.69, 9.17) is 6.42 Å². The number of non-ortho nitro benzene ring substituents is 1. The van der Waals surface area contributed by atoms with Gasteiger partial charge in [0.2, 0.25) is 5.91 Å². The number of carbonyl (C=O) groups excluding carboxylic acids is 1. The molecule has 0 aliphatic heterocycles. The van der Waals surface area contributed by atoms with Crippen LogP contribution in [0.25, 0.3) is 0 Å². The monoisotopic (exact) mass is 246 g/mol. The zero-order valence-corrected chi connectivity index (χ0v) is 9.89. The second-order valence-corrected chi connectivity index (χ2v) is 3.76. The molecule has 5 heteroatoms. The smallest absolute Gasteiger partial charge is 0.269 e. The average Bonchev–Trinajstić information content (AvgIpc) is 2.35. The zero-order valence-electron chi connectivity index (χ0n) is 9.89. The van der Waals surface area contributed by atoms with E-state index in [1.165, 1.54) is 12.1 Å². The van der Waals surface area contributed by atoms with E-state index in [1.807, 2.05) is 0 Å². The second kappa shape index (κ2) is 7.07. The van der Waals surface area contributed by atoms with Gasteiger partial charge in [0.25, 0.3) is 5.69 Å². The molecule has 5 nitrogen and oxygen atoms in total. The van der Waals surface area contributed by atoms with Gasteiger partial charge in [-0.05, 0) is 12.0 Å². The number of benzene rings is 1. The summed E-state index contributed by atoms with van der Waals surface area (Å²) in [5, 5.41) is 13.3. The number of rotatable bonds is 6. The Morgan fingerprint density at radius 2 is 2.28 bits per heavy atom. The molecule has 0 aliphatic rings. The summed E-state index contributed by atoms with van der Waals surface area (Å²) in [5.41, 5.74) is 0.617. The van der Waals surface area contributed by atoms with Crippen molar-refractivity contribution in [2.24, 2.45) is 0 Å². The van der Waals surface area contributed by atoms with Crippen molar-refractivity contribution >= 4 is 11.6 Å². The minimum Gasteiger partial charge on any atom is -0.356 e. The maximum Gasteiger partial charge on any atom is 0.269 e. The number of hydrogen-bond donors (Lipinski definition) is 1. The number of hydrogen-bond acceptors (Lipinski definition) is 3. The van der Waals surface area contributed by atoms with Gasteiger partial charge in [0.15, 0.2) is 0 Å². The molecule has 0 radical (unpaired) electrons. The lowest BCUT2D eigenvalue weighted by Crippen LogP contribution is -2.26. The Labute approximate surface area is 105 Å². The van der Waals surface area contributed by atoms with Gasteiger partial charge in [0.05, 0.1) is 11.3 Å². The Bertz CT molecular complexity index is 477. The van der Waals surface area contributed by atoms with E-state index < -0.39 is 4.92 Å². The van der Waals surface area contributed by atoms with Crippen molar-refractivity contribution in [2.75, 3.05) is 6.54 Å². The third kappa shape index (κ3) is 4.66. The lowest BCUT2D eigenvalue weighted by atomic mass is 10.1. The maximum absolute atomic E-state index is 11.5. The fourth-order valence-electron chi connectivity index (χ4n) is 1.45. The van der Waals surface area contributed by atoms with Crippen LogP contribution in [0.1, 0.15) is 18.4 Å². The van der Waals surface area contributed by atoms with Gasteiger partial charge in [0, 0.05) is 25.1 Å². The van der Waals surface area contributed by atoms with Crippen molar-refractivity contribution in [3.63, 3.8) is 0 Å². The van der Waals surface area contributed by atoms with Crippen molar-refractivity contribution in [1.82, 2.24) is 5.32 Å². The molecule has 1 aromatic carbocycles. The summed E-state index contributed by atoms with van der Waals surface area (Å²) in [6.07, 6.45) is 6.58. The van der Waals surface area contributed by atoms with Crippen LogP contribution < -0.4 is 5.32 Å². The minimum absolute atomic E-state index is 0.00682. The van der Waals surface area contributed by atoms with Gasteiger partial charge in [-0.25, -0.2) is 0 Å². The molecule has 1 aromatic rings. The predicted octanol–water partition coefficient (Wildman–Crippen LogP) is 1.67. The second-order valence-electron chi connectivity index (χ2n) is 3.76. The molecule has 0 fully saturated rings. The summed E-state index contributed by atoms with van der Waals surface area (Å²) in [4.78, 5) is 21.6. The van der Waals surface area contributed by atoms with E-state index >= 15 is 0 Å². The molecule has 18 heavy (non-hydrogen) atoms. The first-order valence-corrected chi connectivity index (χ1v) is 5.57. The Balaban J connectivity index is 2.47. The summed E-state index contributed by atoms with van der Waals surface area (Å²) >= 11 is 0. The first-order valence-electron chi connectivity index (χ1n) is 5.57. The highest BCUT2D eigenvalue weighted by Gasteiger charge is 2.08. The fourth-order valence-corrected chi connectivity index (χ4v) is 1.45. The summed E-state index contributed by atoms with van der Waals surface area (Å²) < 4.78 is 0. The normalized spacial score (nSPS) is 9.50. The SMILES string of the molecule is C#CCCCNC(=O)Cc1cccc([N+](=O)[O-])c1. The lowest BCUT2D eigenvalue weighted by molar-refractivity contribution is -0.384. The number of nitrogens with zero attached hydrogens (tertiary/aromatic N) is 1. The molecule has 0 saturated heterocycles. The van der Waals surface area contributed by atoms with E-state index in [9.17, 15) is 14.9 Å². The highest BCUT2D eigenvalue weighted by atomic mass is 16.6. The van der Waals surface area contributed by atoms with Gasteiger partial charge >= 0.3 is 0 Å². The molecule has 0 aromatic heterocycles. The number of nitro groups is 1. The Morgan fingerprint density at radius 1 is 1.50 bits per heavy atom. The lowest BCUT2D eigenvalue weighted by Gasteiger charge is -2.04. The van der Waals surface area contributed by atoms with Crippen molar-refractivity contribution < 1.29 is 9.72 Å². The molecule has 0 saturated carbocycles. The Kier molecular flexibility index (Phi) is 5.39. The molecule has 0 unspecified atom stereocenters.